The Morgan fingerprint density at radius 2 is 2.00 bits per heavy atom. The second-order valence-electron chi connectivity index (χ2n) is 7.74. The van der Waals surface area contributed by atoms with Crippen molar-refractivity contribution in [2.45, 2.75) is 18.9 Å². The number of nitrogens with zero attached hydrogens (tertiary/aromatic N) is 2. The molecule has 2 N–H and O–H groups in total. The molecule has 2 aromatic carbocycles. The van der Waals surface area contributed by atoms with Crippen molar-refractivity contribution < 1.29 is 9.53 Å². The van der Waals surface area contributed by atoms with Gasteiger partial charge >= 0.3 is 0 Å². The van der Waals surface area contributed by atoms with Crippen LogP contribution in [0.4, 0.5) is 0 Å². The number of benzene rings is 2. The molecule has 4 rings (SSSR count). The molecule has 2 heterocycles. The van der Waals surface area contributed by atoms with E-state index in [9.17, 15) is 4.79 Å². The van der Waals surface area contributed by atoms with Crippen LogP contribution in [0.15, 0.2) is 48.5 Å². The number of hydrogen-bond acceptors (Lipinski definition) is 4. The number of nitrogens with one attached hydrogen (secondary N) is 2. The number of hydrogen-bond donors (Lipinski definition) is 2. The maximum absolute atomic E-state index is 12.6. The van der Waals surface area contributed by atoms with Crippen LogP contribution in [0.5, 0.6) is 5.75 Å². The smallest absolute Gasteiger partial charge is 0.271 e. The zero-order valence-corrected chi connectivity index (χ0v) is 17.0. The third-order valence-corrected chi connectivity index (χ3v) is 5.22. The van der Waals surface area contributed by atoms with Gasteiger partial charge in [-0.3, -0.25) is 4.79 Å². The lowest BCUT2D eigenvalue weighted by atomic mass is 9.94. The number of fused-ring (bicyclic) bond motifs is 1. The van der Waals surface area contributed by atoms with Gasteiger partial charge in [-0.25, -0.2) is 4.98 Å². The summed E-state index contributed by atoms with van der Waals surface area (Å²) in [6.45, 7) is 1.43. The molecule has 3 aromatic rings. The van der Waals surface area contributed by atoms with E-state index in [1.807, 2.05) is 44.4 Å². The SMILES string of the molecule is COc1cccc([C@H]2CNC(=O)c3nc(-c4cccc(CN(C)C)c4)[nH]c3C2)c1. The molecule has 0 saturated carbocycles. The lowest BCUT2D eigenvalue weighted by Gasteiger charge is -2.15. The van der Waals surface area contributed by atoms with Crippen LogP contribution in [-0.2, 0) is 13.0 Å². The van der Waals surface area contributed by atoms with E-state index in [1.54, 1.807) is 7.11 Å². The van der Waals surface area contributed by atoms with E-state index in [1.165, 1.54) is 5.56 Å². The van der Waals surface area contributed by atoms with Crippen LogP contribution in [-0.4, -0.2) is 48.5 Å². The molecular formula is C23H26N4O2. The van der Waals surface area contributed by atoms with E-state index in [0.717, 1.165) is 34.9 Å². The summed E-state index contributed by atoms with van der Waals surface area (Å²) >= 11 is 0. The van der Waals surface area contributed by atoms with Gasteiger partial charge in [-0.1, -0.05) is 30.3 Å². The fourth-order valence-corrected chi connectivity index (χ4v) is 3.81. The number of imidazole rings is 1. The first kappa shape index (κ1) is 19.2. The molecule has 6 heteroatoms. The normalized spacial score (nSPS) is 16.3. The Hall–Kier alpha value is -3.12. The lowest BCUT2D eigenvalue weighted by molar-refractivity contribution is 0.0950. The van der Waals surface area contributed by atoms with E-state index >= 15 is 0 Å². The predicted octanol–water partition coefficient (Wildman–Crippen LogP) is 3.22. The molecule has 0 bridgehead atoms. The van der Waals surface area contributed by atoms with Gasteiger partial charge in [0, 0.05) is 30.3 Å². The van der Waals surface area contributed by atoms with Crippen molar-refractivity contribution >= 4 is 5.91 Å². The Labute approximate surface area is 170 Å². The van der Waals surface area contributed by atoms with Gasteiger partial charge < -0.3 is 19.9 Å². The average Bonchev–Trinajstić information content (AvgIpc) is 3.08. The standard InChI is InChI=1S/C23H26N4O2/c1-27(2)14-15-6-4-8-17(10-15)22-25-20-12-18(13-24-23(28)21(20)26-22)16-7-5-9-19(11-16)29-3/h4-11,18H,12-14H2,1-3H3,(H,24,28)(H,25,26)/t18-/m1/s1. The van der Waals surface area contributed by atoms with Gasteiger partial charge in [0.15, 0.2) is 0 Å². The van der Waals surface area contributed by atoms with Crippen molar-refractivity contribution in [3.05, 3.63) is 71.0 Å². The summed E-state index contributed by atoms with van der Waals surface area (Å²) in [5, 5.41) is 3.02. The minimum absolute atomic E-state index is 0.127. The van der Waals surface area contributed by atoms with Crippen molar-refractivity contribution in [1.82, 2.24) is 20.2 Å². The number of carbonyl (C=O) groups excluding carboxylic acids is 1. The van der Waals surface area contributed by atoms with Gasteiger partial charge in [0.2, 0.25) is 0 Å². The molecule has 1 amide bonds. The molecule has 1 aliphatic heterocycles. The number of amides is 1. The number of ether oxygens (including phenoxy) is 1. The molecule has 1 aromatic heterocycles. The summed E-state index contributed by atoms with van der Waals surface area (Å²) in [6, 6.07) is 16.3. The molecule has 0 radical (unpaired) electrons. The summed E-state index contributed by atoms with van der Waals surface area (Å²) in [4.78, 5) is 22.8. The molecule has 6 nitrogen and oxygen atoms in total. The predicted molar refractivity (Wildman–Crippen MR) is 113 cm³/mol. The molecule has 0 fully saturated rings. The van der Waals surface area contributed by atoms with Crippen LogP contribution < -0.4 is 10.1 Å². The Morgan fingerprint density at radius 3 is 2.79 bits per heavy atom. The lowest BCUT2D eigenvalue weighted by Crippen LogP contribution is -2.26. The van der Waals surface area contributed by atoms with Gasteiger partial charge in [0.1, 0.15) is 17.3 Å². The number of carbonyl (C=O) groups is 1. The highest BCUT2D eigenvalue weighted by atomic mass is 16.5. The number of H-pyrrole nitrogens is 1. The second kappa shape index (κ2) is 8.09. The fourth-order valence-electron chi connectivity index (χ4n) is 3.81. The third kappa shape index (κ3) is 4.17. The van der Waals surface area contributed by atoms with Crippen LogP contribution >= 0.6 is 0 Å². The minimum Gasteiger partial charge on any atom is -0.497 e. The van der Waals surface area contributed by atoms with Crippen molar-refractivity contribution in [3.63, 3.8) is 0 Å². The van der Waals surface area contributed by atoms with Crippen LogP contribution in [0.1, 0.15) is 33.2 Å². The molecule has 29 heavy (non-hydrogen) atoms. The first-order chi connectivity index (χ1) is 14.0. The molecule has 0 aliphatic carbocycles. The monoisotopic (exact) mass is 390 g/mol. The van der Waals surface area contributed by atoms with Crippen LogP contribution in [0.3, 0.4) is 0 Å². The summed E-state index contributed by atoms with van der Waals surface area (Å²) < 4.78 is 5.36. The van der Waals surface area contributed by atoms with Crippen LogP contribution in [0.2, 0.25) is 0 Å². The van der Waals surface area contributed by atoms with E-state index in [2.05, 4.69) is 38.4 Å². The molecule has 1 atom stereocenters. The highest BCUT2D eigenvalue weighted by Crippen LogP contribution is 2.28. The Kier molecular flexibility index (Phi) is 5.36. The first-order valence-corrected chi connectivity index (χ1v) is 9.78. The first-order valence-electron chi connectivity index (χ1n) is 9.78. The Bertz CT molecular complexity index is 1030. The van der Waals surface area contributed by atoms with E-state index < -0.39 is 0 Å². The van der Waals surface area contributed by atoms with Gasteiger partial charge in [-0.05, 0) is 49.8 Å². The van der Waals surface area contributed by atoms with Crippen molar-refractivity contribution in [3.8, 4) is 17.1 Å². The third-order valence-electron chi connectivity index (χ3n) is 5.22. The van der Waals surface area contributed by atoms with Crippen molar-refractivity contribution in [1.29, 1.82) is 0 Å². The number of methoxy groups -OCH3 is 1. The highest BCUT2D eigenvalue weighted by Gasteiger charge is 2.26. The number of aromatic amines is 1. The molecule has 1 aliphatic rings. The summed E-state index contributed by atoms with van der Waals surface area (Å²) in [7, 11) is 5.76. The molecule has 150 valence electrons. The molecule has 0 unspecified atom stereocenters. The van der Waals surface area contributed by atoms with E-state index in [0.29, 0.717) is 18.7 Å². The van der Waals surface area contributed by atoms with Crippen LogP contribution in [0, 0.1) is 0 Å². The van der Waals surface area contributed by atoms with E-state index in [4.69, 9.17) is 4.74 Å². The van der Waals surface area contributed by atoms with Crippen LogP contribution in [0.25, 0.3) is 11.4 Å². The van der Waals surface area contributed by atoms with Gasteiger partial charge in [-0.2, -0.15) is 0 Å². The van der Waals surface area contributed by atoms with Crippen molar-refractivity contribution in [2.24, 2.45) is 0 Å². The zero-order chi connectivity index (χ0) is 20.4. The molecule has 0 spiro atoms. The topological polar surface area (TPSA) is 70.2 Å². The largest absolute Gasteiger partial charge is 0.497 e. The summed E-state index contributed by atoms with van der Waals surface area (Å²) in [5.41, 5.74) is 4.70. The average molecular weight is 390 g/mol. The summed E-state index contributed by atoms with van der Waals surface area (Å²) in [6.07, 6.45) is 0.714. The van der Waals surface area contributed by atoms with Gasteiger partial charge in [0.05, 0.1) is 7.11 Å². The minimum atomic E-state index is -0.127. The van der Waals surface area contributed by atoms with Crippen molar-refractivity contribution in [2.75, 3.05) is 27.7 Å². The maximum atomic E-state index is 12.6. The molecular weight excluding hydrogens is 364 g/mol. The zero-order valence-electron chi connectivity index (χ0n) is 17.0. The van der Waals surface area contributed by atoms with E-state index in [-0.39, 0.29) is 11.8 Å². The quantitative estimate of drug-likeness (QED) is 0.702. The van der Waals surface area contributed by atoms with Gasteiger partial charge in [0.25, 0.3) is 5.91 Å². The highest BCUT2D eigenvalue weighted by molar-refractivity contribution is 5.94. The Morgan fingerprint density at radius 1 is 1.17 bits per heavy atom. The summed E-state index contributed by atoms with van der Waals surface area (Å²) in [5.74, 6) is 1.58. The van der Waals surface area contributed by atoms with Gasteiger partial charge in [-0.15, -0.1) is 0 Å². The number of aromatic nitrogens is 2. The second-order valence-corrected chi connectivity index (χ2v) is 7.74. The fraction of sp³-hybridized carbons (Fsp3) is 0.304. The number of rotatable bonds is 5. The maximum Gasteiger partial charge on any atom is 0.271 e. The molecule has 0 saturated heterocycles. The Balaban J connectivity index is 1.65.